The zero-order valence-electron chi connectivity index (χ0n) is 19.2. The van der Waals surface area contributed by atoms with E-state index in [0.29, 0.717) is 0 Å². The van der Waals surface area contributed by atoms with Gasteiger partial charge in [0.2, 0.25) is 5.91 Å². The Kier molecular flexibility index (Phi) is 9.53. The number of hydrogen-bond donors (Lipinski definition) is 3. The van der Waals surface area contributed by atoms with Gasteiger partial charge in [0.25, 0.3) is 0 Å². The summed E-state index contributed by atoms with van der Waals surface area (Å²) in [5.41, 5.74) is -0.0992. The van der Waals surface area contributed by atoms with E-state index in [1.807, 2.05) is 0 Å². The van der Waals surface area contributed by atoms with E-state index in [1.165, 1.54) is 0 Å². The molecule has 180 valence electrons. The second-order valence-electron chi connectivity index (χ2n) is 8.84. The van der Waals surface area contributed by atoms with Gasteiger partial charge in [0, 0.05) is 6.54 Å². The molecular formula is C22H32F3N3O4. The number of carbonyl (C=O) groups excluding carboxylic acids is 3. The first-order valence-corrected chi connectivity index (χ1v) is 10.3. The van der Waals surface area contributed by atoms with Crippen molar-refractivity contribution in [2.45, 2.75) is 65.4 Å². The lowest BCUT2D eigenvalue weighted by Gasteiger charge is -2.28. The van der Waals surface area contributed by atoms with Crippen LogP contribution in [-0.2, 0) is 14.3 Å². The van der Waals surface area contributed by atoms with Gasteiger partial charge in [0.1, 0.15) is 11.6 Å². The van der Waals surface area contributed by atoms with Crippen LogP contribution in [0.3, 0.4) is 0 Å². The molecule has 0 spiro atoms. The molecule has 0 saturated carbocycles. The number of ether oxygens (including phenoxy) is 1. The third-order valence-electron chi connectivity index (χ3n) is 4.45. The first-order valence-electron chi connectivity index (χ1n) is 10.3. The second kappa shape index (κ2) is 11.2. The Balaban J connectivity index is 2.81. The standard InChI is InChI=1S/C22H32F3N3O4/c1-13(2)17(19(30)32-21(4,5)6)28-18(29)16(22(23,24)25)12-26-20(31)27-14(3)15-10-8-7-9-11-15/h7-11,13-14,16-17H,12H2,1-6H3,(H,28,29)(H2,26,27,31)/t14-,16+,17+/m1/s1. The monoisotopic (exact) mass is 459 g/mol. The third kappa shape index (κ3) is 9.15. The number of carbonyl (C=O) groups is 3. The van der Waals surface area contributed by atoms with Crippen molar-refractivity contribution in [2.24, 2.45) is 11.8 Å². The van der Waals surface area contributed by atoms with Crippen molar-refractivity contribution < 1.29 is 32.3 Å². The molecule has 3 amide bonds. The van der Waals surface area contributed by atoms with Crippen LogP contribution in [0.25, 0.3) is 0 Å². The first-order chi connectivity index (χ1) is 14.6. The van der Waals surface area contributed by atoms with E-state index in [-0.39, 0.29) is 0 Å². The van der Waals surface area contributed by atoms with Gasteiger partial charge in [-0.2, -0.15) is 13.2 Å². The molecule has 10 heteroatoms. The maximum atomic E-state index is 13.5. The van der Waals surface area contributed by atoms with E-state index >= 15 is 0 Å². The zero-order chi connectivity index (χ0) is 24.7. The largest absolute Gasteiger partial charge is 0.458 e. The molecule has 0 fully saturated rings. The molecule has 0 aliphatic rings. The van der Waals surface area contributed by atoms with Crippen molar-refractivity contribution in [3.05, 3.63) is 35.9 Å². The Bertz CT molecular complexity index is 777. The van der Waals surface area contributed by atoms with Crippen molar-refractivity contribution in [3.63, 3.8) is 0 Å². The fourth-order valence-electron chi connectivity index (χ4n) is 2.74. The molecule has 0 saturated heterocycles. The van der Waals surface area contributed by atoms with E-state index in [9.17, 15) is 27.6 Å². The maximum Gasteiger partial charge on any atom is 0.402 e. The van der Waals surface area contributed by atoms with Gasteiger partial charge in [-0.3, -0.25) is 4.79 Å². The topological polar surface area (TPSA) is 96.5 Å². The van der Waals surface area contributed by atoms with Crippen molar-refractivity contribution in [3.8, 4) is 0 Å². The first kappa shape index (κ1) is 27.3. The molecule has 0 radical (unpaired) electrons. The minimum absolute atomic E-state index is 0.452. The van der Waals surface area contributed by atoms with Crippen LogP contribution >= 0.6 is 0 Å². The highest BCUT2D eigenvalue weighted by Crippen LogP contribution is 2.26. The van der Waals surface area contributed by atoms with E-state index in [2.05, 4.69) is 16.0 Å². The Morgan fingerprint density at radius 3 is 2.00 bits per heavy atom. The number of rotatable bonds is 8. The number of benzene rings is 1. The van der Waals surface area contributed by atoms with Crippen LogP contribution in [0.15, 0.2) is 30.3 Å². The van der Waals surface area contributed by atoms with Crippen LogP contribution in [0, 0.1) is 11.8 Å². The lowest BCUT2D eigenvalue weighted by Crippen LogP contribution is -2.54. The van der Waals surface area contributed by atoms with Crippen molar-refractivity contribution in [1.82, 2.24) is 16.0 Å². The average molecular weight is 460 g/mol. The number of amides is 3. The summed E-state index contributed by atoms with van der Waals surface area (Å²) in [7, 11) is 0. The Morgan fingerprint density at radius 1 is 0.969 bits per heavy atom. The summed E-state index contributed by atoms with van der Waals surface area (Å²) in [4.78, 5) is 36.8. The molecule has 0 aromatic heterocycles. The predicted octanol–water partition coefficient (Wildman–Crippen LogP) is 3.71. The molecule has 1 rings (SSSR count). The number of esters is 1. The quantitative estimate of drug-likeness (QED) is 0.517. The van der Waals surface area contributed by atoms with Gasteiger partial charge in [-0.25, -0.2) is 9.59 Å². The summed E-state index contributed by atoms with van der Waals surface area (Å²) in [6.07, 6.45) is -4.93. The highest BCUT2D eigenvalue weighted by molar-refractivity contribution is 5.87. The van der Waals surface area contributed by atoms with Gasteiger partial charge in [-0.05, 0) is 39.2 Å². The summed E-state index contributed by atoms with van der Waals surface area (Å²) in [6.45, 7) is 8.69. The van der Waals surface area contributed by atoms with Gasteiger partial charge in [-0.15, -0.1) is 0 Å². The molecule has 3 N–H and O–H groups in total. The lowest BCUT2D eigenvalue weighted by molar-refractivity contribution is -0.183. The van der Waals surface area contributed by atoms with Gasteiger partial charge in [0.05, 0.1) is 6.04 Å². The number of urea groups is 1. The highest BCUT2D eigenvalue weighted by Gasteiger charge is 2.46. The SMILES string of the molecule is CC(C)[C@H](NC(=O)[C@H](CNC(=O)N[C@H](C)c1ccccc1)C(F)(F)F)C(=O)OC(C)(C)C. The molecule has 0 heterocycles. The van der Waals surface area contributed by atoms with Gasteiger partial charge >= 0.3 is 18.2 Å². The molecule has 0 unspecified atom stereocenters. The molecule has 1 aromatic carbocycles. The molecule has 0 aliphatic carbocycles. The molecule has 3 atom stereocenters. The van der Waals surface area contributed by atoms with Crippen LogP contribution in [0.5, 0.6) is 0 Å². The predicted molar refractivity (Wildman–Crippen MR) is 114 cm³/mol. The van der Waals surface area contributed by atoms with Crippen LogP contribution in [0.1, 0.15) is 53.1 Å². The van der Waals surface area contributed by atoms with E-state index < -0.39 is 60.1 Å². The van der Waals surface area contributed by atoms with E-state index in [0.717, 1.165) is 5.56 Å². The summed E-state index contributed by atoms with van der Waals surface area (Å²) >= 11 is 0. The van der Waals surface area contributed by atoms with E-state index in [4.69, 9.17) is 4.74 Å². The Morgan fingerprint density at radius 2 is 1.53 bits per heavy atom. The number of alkyl halides is 3. The van der Waals surface area contributed by atoms with Crippen molar-refractivity contribution in [1.29, 1.82) is 0 Å². The summed E-state index contributed by atoms with van der Waals surface area (Å²) in [5, 5.41) is 6.75. The average Bonchev–Trinajstić information content (AvgIpc) is 2.64. The molecule has 0 bridgehead atoms. The molecular weight excluding hydrogens is 427 g/mol. The molecule has 1 aromatic rings. The van der Waals surface area contributed by atoms with Gasteiger partial charge < -0.3 is 20.7 Å². The summed E-state index contributed by atoms with van der Waals surface area (Å²) in [5.74, 6) is -5.29. The second-order valence-corrected chi connectivity index (χ2v) is 8.84. The maximum absolute atomic E-state index is 13.5. The number of hydrogen-bond acceptors (Lipinski definition) is 4. The Labute approximate surface area is 186 Å². The number of nitrogens with one attached hydrogen (secondary N) is 3. The Hall–Kier alpha value is -2.78. The smallest absolute Gasteiger partial charge is 0.402 e. The van der Waals surface area contributed by atoms with Crippen LogP contribution < -0.4 is 16.0 Å². The van der Waals surface area contributed by atoms with Crippen LogP contribution in [0.2, 0.25) is 0 Å². The van der Waals surface area contributed by atoms with Crippen LogP contribution in [0.4, 0.5) is 18.0 Å². The molecule has 32 heavy (non-hydrogen) atoms. The van der Waals surface area contributed by atoms with Gasteiger partial charge in [0.15, 0.2) is 5.92 Å². The molecule has 7 nitrogen and oxygen atoms in total. The highest BCUT2D eigenvalue weighted by atomic mass is 19.4. The third-order valence-corrected chi connectivity index (χ3v) is 4.45. The van der Waals surface area contributed by atoms with Crippen molar-refractivity contribution >= 4 is 17.9 Å². The van der Waals surface area contributed by atoms with Crippen molar-refractivity contribution in [2.75, 3.05) is 6.54 Å². The minimum Gasteiger partial charge on any atom is -0.458 e. The fourth-order valence-corrected chi connectivity index (χ4v) is 2.74. The van der Waals surface area contributed by atoms with Crippen LogP contribution in [-0.4, -0.2) is 42.3 Å². The minimum atomic E-state index is -4.93. The van der Waals surface area contributed by atoms with E-state index in [1.54, 1.807) is 71.9 Å². The summed E-state index contributed by atoms with van der Waals surface area (Å²) < 4.78 is 45.8. The normalized spacial score (nSPS) is 14.8. The fraction of sp³-hybridized carbons (Fsp3) is 0.591. The van der Waals surface area contributed by atoms with Gasteiger partial charge in [-0.1, -0.05) is 44.2 Å². The lowest BCUT2D eigenvalue weighted by atomic mass is 10.0. The summed E-state index contributed by atoms with van der Waals surface area (Å²) in [6, 6.07) is 6.29. The zero-order valence-corrected chi connectivity index (χ0v) is 19.2. The molecule has 0 aliphatic heterocycles. The number of halogens is 3.